The molecule has 32 heavy (non-hydrogen) atoms. The summed E-state index contributed by atoms with van der Waals surface area (Å²) in [7, 11) is 4.15. The maximum Gasteiger partial charge on any atom is 0.194 e. The van der Waals surface area contributed by atoms with Crippen molar-refractivity contribution < 1.29 is 0 Å². The van der Waals surface area contributed by atoms with Crippen LogP contribution in [0, 0.1) is 6.92 Å². The van der Waals surface area contributed by atoms with E-state index in [1.807, 2.05) is 18.5 Å². The first kappa shape index (κ1) is 24.0. The number of para-hydroxylation sites is 1. The van der Waals surface area contributed by atoms with Crippen LogP contribution < -0.4 is 10.2 Å². The lowest BCUT2D eigenvalue weighted by molar-refractivity contribution is 0.223. The van der Waals surface area contributed by atoms with Gasteiger partial charge in [-0.05, 0) is 45.0 Å². The Morgan fingerprint density at radius 2 is 1.94 bits per heavy atom. The number of hydrogen-bond acceptors (Lipinski definition) is 5. The van der Waals surface area contributed by atoms with Gasteiger partial charge in [-0.1, -0.05) is 32.0 Å². The molecular weight excluding hydrogens is 400 g/mol. The molecule has 1 atom stereocenters. The van der Waals surface area contributed by atoms with Gasteiger partial charge < -0.3 is 19.7 Å². The van der Waals surface area contributed by atoms with E-state index >= 15 is 0 Å². The molecular formula is C24H40N8. The molecule has 0 radical (unpaired) electrons. The monoisotopic (exact) mass is 440 g/mol. The van der Waals surface area contributed by atoms with E-state index in [-0.39, 0.29) is 0 Å². The molecule has 1 unspecified atom stereocenters. The third-order valence-corrected chi connectivity index (χ3v) is 6.50. The number of aromatic nitrogens is 3. The number of benzene rings is 1. The first-order chi connectivity index (χ1) is 15.5. The number of nitrogens with zero attached hydrogens (tertiary/aromatic N) is 7. The normalized spacial score (nSPS) is 16.8. The van der Waals surface area contributed by atoms with E-state index in [1.165, 1.54) is 12.1 Å². The molecule has 2 aromatic rings. The lowest BCUT2D eigenvalue weighted by Gasteiger charge is -2.27. The second kappa shape index (κ2) is 11.9. The highest BCUT2D eigenvalue weighted by Crippen LogP contribution is 2.16. The van der Waals surface area contributed by atoms with E-state index in [0.717, 1.165) is 63.3 Å². The molecule has 0 bridgehead atoms. The Morgan fingerprint density at radius 3 is 2.59 bits per heavy atom. The lowest BCUT2D eigenvalue weighted by atomic mass is 10.2. The number of likely N-dealkylation sites (N-methyl/N-ethyl adjacent to an activating group) is 1. The number of anilines is 1. The van der Waals surface area contributed by atoms with Crippen molar-refractivity contribution in [1.29, 1.82) is 0 Å². The van der Waals surface area contributed by atoms with Crippen LogP contribution in [0.1, 0.15) is 38.3 Å². The van der Waals surface area contributed by atoms with Crippen molar-refractivity contribution in [3.63, 3.8) is 0 Å². The van der Waals surface area contributed by atoms with Crippen LogP contribution in [0.3, 0.4) is 0 Å². The molecule has 1 N–H and O–H groups in total. The molecule has 1 aliphatic heterocycles. The van der Waals surface area contributed by atoms with E-state index in [9.17, 15) is 0 Å². The largest absolute Gasteiger partial charge is 0.375 e. The van der Waals surface area contributed by atoms with Crippen LogP contribution in [-0.2, 0) is 13.6 Å². The Morgan fingerprint density at radius 1 is 1.19 bits per heavy atom. The molecule has 2 heterocycles. The Hall–Kier alpha value is -2.61. The van der Waals surface area contributed by atoms with Crippen LogP contribution in [0.2, 0.25) is 0 Å². The number of aliphatic imine (C=N–C) groups is 1. The maximum absolute atomic E-state index is 4.95. The molecule has 1 fully saturated rings. The van der Waals surface area contributed by atoms with Crippen molar-refractivity contribution in [3.8, 4) is 0 Å². The highest BCUT2D eigenvalue weighted by atomic mass is 15.3. The molecule has 1 saturated heterocycles. The van der Waals surface area contributed by atoms with Gasteiger partial charge in [0.15, 0.2) is 11.8 Å². The molecule has 1 aliphatic rings. The summed E-state index contributed by atoms with van der Waals surface area (Å²) < 4.78 is 2.01. The summed E-state index contributed by atoms with van der Waals surface area (Å²) in [5.41, 5.74) is 1.25. The average molecular weight is 441 g/mol. The van der Waals surface area contributed by atoms with Crippen LogP contribution in [-0.4, -0.2) is 82.9 Å². The summed E-state index contributed by atoms with van der Waals surface area (Å²) in [5.74, 6) is 2.80. The van der Waals surface area contributed by atoms with E-state index in [2.05, 4.69) is 81.4 Å². The van der Waals surface area contributed by atoms with E-state index in [0.29, 0.717) is 12.6 Å². The molecule has 0 saturated carbocycles. The Bertz CT molecular complexity index is 843. The zero-order valence-electron chi connectivity index (χ0n) is 20.5. The minimum atomic E-state index is 0.538. The first-order valence-corrected chi connectivity index (χ1v) is 11.9. The van der Waals surface area contributed by atoms with Crippen molar-refractivity contribution in [2.24, 2.45) is 12.0 Å². The fourth-order valence-electron chi connectivity index (χ4n) is 4.30. The van der Waals surface area contributed by atoms with Crippen LogP contribution in [0.5, 0.6) is 0 Å². The van der Waals surface area contributed by atoms with E-state index < -0.39 is 0 Å². The van der Waals surface area contributed by atoms with Gasteiger partial charge in [0.2, 0.25) is 0 Å². The molecule has 0 amide bonds. The number of likely N-dealkylation sites (tertiary alicyclic amines) is 1. The van der Waals surface area contributed by atoms with Crippen LogP contribution in [0.25, 0.3) is 0 Å². The molecule has 8 heteroatoms. The maximum atomic E-state index is 4.95. The van der Waals surface area contributed by atoms with Gasteiger partial charge in [0.05, 0.1) is 0 Å². The second-order valence-corrected chi connectivity index (χ2v) is 8.51. The fraction of sp³-hybridized carbons (Fsp3) is 0.625. The zero-order valence-corrected chi connectivity index (χ0v) is 20.5. The van der Waals surface area contributed by atoms with Gasteiger partial charge in [0.25, 0.3) is 0 Å². The average Bonchev–Trinajstić information content (AvgIpc) is 3.42. The topological polar surface area (TPSA) is 64.8 Å². The SMILES string of the molecule is CCN(CC)C1CCN(C(=NCc2nnc(C)n2C)NCCCN(C)c2ccccc2)C1. The minimum absolute atomic E-state index is 0.538. The van der Waals surface area contributed by atoms with Crippen LogP contribution in [0.15, 0.2) is 35.3 Å². The molecule has 1 aromatic heterocycles. The number of aryl methyl sites for hydroxylation is 1. The molecule has 0 spiro atoms. The highest BCUT2D eigenvalue weighted by Gasteiger charge is 2.28. The molecule has 1 aromatic carbocycles. The van der Waals surface area contributed by atoms with Crippen molar-refractivity contribution in [1.82, 2.24) is 29.9 Å². The first-order valence-electron chi connectivity index (χ1n) is 11.9. The predicted molar refractivity (Wildman–Crippen MR) is 132 cm³/mol. The molecule has 176 valence electrons. The number of guanidine groups is 1. The van der Waals surface area contributed by atoms with Gasteiger partial charge in [0.1, 0.15) is 12.4 Å². The third-order valence-electron chi connectivity index (χ3n) is 6.50. The number of nitrogens with one attached hydrogen (secondary N) is 1. The van der Waals surface area contributed by atoms with Crippen molar-refractivity contribution >= 4 is 11.6 Å². The fourth-order valence-corrected chi connectivity index (χ4v) is 4.30. The van der Waals surface area contributed by atoms with Crippen LogP contribution in [0.4, 0.5) is 5.69 Å². The smallest absolute Gasteiger partial charge is 0.194 e. The minimum Gasteiger partial charge on any atom is -0.375 e. The Labute approximate surface area is 193 Å². The van der Waals surface area contributed by atoms with Gasteiger partial charge in [-0.3, -0.25) is 4.90 Å². The molecule has 3 rings (SSSR count). The lowest BCUT2D eigenvalue weighted by Crippen LogP contribution is -2.44. The number of rotatable bonds is 10. The third kappa shape index (κ3) is 6.22. The van der Waals surface area contributed by atoms with Crippen molar-refractivity contribution in [2.45, 2.75) is 46.2 Å². The Kier molecular flexibility index (Phi) is 8.90. The summed E-state index contributed by atoms with van der Waals surface area (Å²) >= 11 is 0. The van der Waals surface area contributed by atoms with Crippen molar-refractivity contribution in [2.75, 3.05) is 51.2 Å². The molecule has 8 nitrogen and oxygen atoms in total. The van der Waals surface area contributed by atoms with Gasteiger partial charge >= 0.3 is 0 Å². The summed E-state index contributed by atoms with van der Waals surface area (Å²) in [5, 5.41) is 12.1. The highest BCUT2D eigenvalue weighted by molar-refractivity contribution is 5.80. The van der Waals surface area contributed by atoms with Crippen LogP contribution >= 0.6 is 0 Å². The van der Waals surface area contributed by atoms with E-state index in [4.69, 9.17) is 4.99 Å². The summed E-state index contributed by atoms with van der Waals surface area (Å²) in [6, 6.07) is 11.1. The zero-order chi connectivity index (χ0) is 22.9. The summed E-state index contributed by atoms with van der Waals surface area (Å²) in [4.78, 5) is 12.2. The number of hydrogen-bond donors (Lipinski definition) is 1. The Balaban J connectivity index is 1.60. The second-order valence-electron chi connectivity index (χ2n) is 8.51. The van der Waals surface area contributed by atoms with Gasteiger partial charge in [-0.2, -0.15) is 0 Å². The summed E-state index contributed by atoms with van der Waals surface area (Å²) in [6.45, 7) is 13.1. The summed E-state index contributed by atoms with van der Waals surface area (Å²) in [6.07, 6.45) is 2.23. The van der Waals surface area contributed by atoms with Gasteiger partial charge in [0, 0.05) is 52.0 Å². The quantitative estimate of drug-likeness (QED) is 0.348. The van der Waals surface area contributed by atoms with Gasteiger partial charge in [-0.25, -0.2) is 4.99 Å². The predicted octanol–water partition coefficient (Wildman–Crippen LogP) is 2.51. The van der Waals surface area contributed by atoms with Gasteiger partial charge in [-0.15, -0.1) is 10.2 Å². The van der Waals surface area contributed by atoms with E-state index in [1.54, 1.807) is 0 Å². The standard InChI is InChI=1S/C24H40N8/c1-6-31(7-2)22-14-17-32(19-22)24(26-18-23-28-27-20(3)30(23)5)25-15-11-16-29(4)21-12-9-8-10-13-21/h8-10,12-13,22H,6-7,11,14-19H2,1-5H3,(H,25,26). The van der Waals surface area contributed by atoms with Crippen molar-refractivity contribution in [3.05, 3.63) is 42.0 Å². The molecule has 0 aliphatic carbocycles.